The highest BCUT2D eigenvalue weighted by Crippen LogP contribution is 2.33. The molecule has 0 fully saturated rings. The zero-order valence-corrected chi connectivity index (χ0v) is 11.7. The Hall–Kier alpha value is -1.68. The molecule has 0 aliphatic carbocycles. The summed E-state index contributed by atoms with van der Waals surface area (Å²) in [6.07, 6.45) is 2.86. The van der Waals surface area contributed by atoms with Crippen molar-refractivity contribution in [3.8, 4) is 5.75 Å². The molecule has 0 bridgehead atoms. The summed E-state index contributed by atoms with van der Waals surface area (Å²) in [5.41, 5.74) is 1.73. The number of carboxylic acid groups (broad SMARTS) is 1. The van der Waals surface area contributed by atoms with Crippen LogP contribution in [0.5, 0.6) is 5.75 Å². The van der Waals surface area contributed by atoms with Gasteiger partial charge in [-0.15, -0.1) is 0 Å². The highest BCUT2D eigenvalue weighted by atomic mass is 35.5. The van der Waals surface area contributed by atoms with E-state index in [-0.39, 0.29) is 6.42 Å². The zero-order chi connectivity index (χ0) is 14.0. The molecule has 0 aliphatic heterocycles. The topological polar surface area (TPSA) is 51.5 Å². The first-order valence-corrected chi connectivity index (χ1v) is 6.51. The van der Waals surface area contributed by atoms with E-state index in [0.29, 0.717) is 10.8 Å². The van der Waals surface area contributed by atoms with Crippen molar-refractivity contribution in [3.63, 3.8) is 0 Å². The third-order valence-electron chi connectivity index (χ3n) is 3.04. The fourth-order valence-corrected chi connectivity index (χ4v) is 2.49. The maximum absolute atomic E-state index is 10.9. The molecule has 0 saturated carbocycles. The van der Waals surface area contributed by atoms with Crippen LogP contribution < -0.4 is 4.74 Å². The highest BCUT2D eigenvalue weighted by molar-refractivity contribution is 6.32. The summed E-state index contributed by atoms with van der Waals surface area (Å²) < 4.78 is 7.23. The van der Waals surface area contributed by atoms with Crippen LogP contribution in [0.1, 0.15) is 18.9 Å². The van der Waals surface area contributed by atoms with Crippen molar-refractivity contribution in [1.29, 1.82) is 0 Å². The van der Waals surface area contributed by atoms with E-state index in [0.717, 1.165) is 29.4 Å². The monoisotopic (exact) mass is 281 g/mol. The summed E-state index contributed by atoms with van der Waals surface area (Å²) >= 11 is 6.14. The van der Waals surface area contributed by atoms with Gasteiger partial charge in [-0.2, -0.15) is 0 Å². The molecular weight excluding hydrogens is 266 g/mol. The van der Waals surface area contributed by atoms with Crippen LogP contribution in [0, 0.1) is 0 Å². The first-order chi connectivity index (χ1) is 9.06. The first-order valence-electron chi connectivity index (χ1n) is 6.13. The number of halogens is 1. The Kier molecular flexibility index (Phi) is 4.00. The average Bonchev–Trinajstić information content (AvgIpc) is 2.66. The van der Waals surface area contributed by atoms with E-state index in [1.807, 2.05) is 22.9 Å². The standard InChI is InChI=1S/C14H16ClNO3/c1-3-4-16-8-9(5-14(17)18)10-6-13(19-2)11(15)7-12(10)16/h6-8H,3-5H2,1-2H3,(H,17,18). The van der Waals surface area contributed by atoms with Crippen molar-refractivity contribution in [3.05, 3.63) is 28.9 Å². The van der Waals surface area contributed by atoms with Gasteiger partial charge in [-0.25, -0.2) is 0 Å². The van der Waals surface area contributed by atoms with Gasteiger partial charge < -0.3 is 14.4 Å². The summed E-state index contributed by atoms with van der Waals surface area (Å²) in [6.45, 7) is 2.91. The van der Waals surface area contributed by atoms with Gasteiger partial charge in [0.05, 0.1) is 24.1 Å². The molecule has 0 spiro atoms. The van der Waals surface area contributed by atoms with Gasteiger partial charge in [0.2, 0.25) is 0 Å². The van der Waals surface area contributed by atoms with Crippen molar-refractivity contribution < 1.29 is 14.6 Å². The van der Waals surface area contributed by atoms with Crippen molar-refractivity contribution in [1.82, 2.24) is 4.57 Å². The number of fused-ring (bicyclic) bond motifs is 1. The molecule has 102 valence electrons. The van der Waals surface area contributed by atoms with Gasteiger partial charge in [-0.3, -0.25) is 4.79 Å². The van der Waals surface area contributed by atoms with E-state index in [9.17, 15) is 4.79 Å². The molecule has 19 heavy (non-hydrogen) atoms. The fraction of sp³-hybridized carbons (Fsp3) is 0.357. The molecule has 1 N–H and O–H groups in total. The minimum Gasteiger partial charge on any atom is -0.495 e. The van der Waals surface area contributed by atoms with Crippen molar-refractivity contribution in [2.45, 2.75) is 26.3 Å². The maximum atomic E-state index is 10.9. The van der Waals surface area contributed by atoms with Crippen LogP contribution in [0.2, 0.25) is 5.02 Å². The summed E-state index contributed by atoms with van der Waals surface area (Å²) in [7, 11) is 1.55. The molecular formula is C14H16ClNO3. The third kappa shape index (κ3) is 2.68. The maximum Gasteiger partial charge on any atom is 0.307 e. The minimum absolute atomic E-state index is 0.00198. The number of carbonyl (C=O) groups is 1. The number of hydrogen-bond acceptors (Lipinski definition) is 2. The molecule has 0 amide bonds. The molecule has 2 aromatic rings. The van der Waals surface area contributed by atoms with E-state index in [4.69, 9.17) is 21.4 Å². The number of ether oxygens (including phenoxy) is 1. The van der Waals surface area contributed by atoms with Gasteiger partial charge in [0.15, 0.2) is 0 Å². The van der Waals surface area contributed by atoms with Gasteiger partial charge in [-0.1, -0.05) is 18.5 Å². The van der Waals surface area contributed by atoms with Crippen LogP contribution in [0.25, 0.3) is 10.9 Å². The van der Waals surface area contributed by atoms with Crippen molar-refractivity contribution in [2.24, 2.45) is 0 Å². The molecule has 0 radical (unpaired) electrons. The van der Waals surface area contributed by atoms with Gasteiger partial charge in [0, 0.05) is 18.1 Å². The predicted molar refractivity (Wildman–Crippen MR) is 75.1 cm³/mol. The highest BCUT2D eigenvalue weighted by Gasteiger charge is 2.14. The molecule has 0 atom stereocenters. The van der Waals surface area contributed by atoms with Crippen LogP contribution in [-0.2, 0) is 17.8 Å². The Morgan fingerprint density at radius 2 is 2.21 bits per heavy atom. The molecule has 0 aliphatic rings. The number of benzene rings is 1. The summed E-state index contributed by atoms with van der Waals surface area (Å²) in [6, 6.07) is 3.64. The Morgan fingerprint density at radius 3 is 2.79 bits per heavy atom. The summed E-state index contributed by atoms with van der Waals surface area (Å²) in [5.74, 6) is -0.278. The van der Waals surface area contributed by atoms with Crippen LogP contribution in [0.3, 0.4) is 0 Å². The van der Waals surface area contributed by atoms with E-state index in [1.165, 1.54) is 0 Å². The Labute approximate surface area is 116 Å². The van der Waals surface area contributed by atoms with Gasteiger partial charge in [-0.05, 0) is 24.1 Å². The largest absolute Gasteiger partial charge is 0.495 e. The molecule has 5 heteroatoms. The normalized spacial score (nSPS) is 10.9. The predicted octanol–water partition coefficient (Wildman–Crippen LogP) is 3.34. The second-order valence-electron chi connectivity index (χ2n) is 4.42. The Bertz CT molecular complexity index is 619. The molecule has 0 unspecified atom stereocenters. The van der Waals surface area contributed by atoms with Gasteiger partial charge in [0.25, 0.3) is 0 Å². The van der Waals surface area contributed by atoms with E-state index in [2.05, 4.69) is 6.92 Å². The second-order valence-corrected chi connectivity index (χ2v) is 4.83. The molecule has 1 heterocycles. The lowest BCUT2D eigenvalue weighted by Gasteiger charge is -2.06. The molecule has 0 saturated heterocycles. The molecule has 1 aromatic carbocycles. The Morgan fingerprint density at radius 1 is 1.47 bits per heavy atom. The van der Waals surface area contributed by atoms with Crippen LogP contribution >= 0.6 is 11.6 Å². The zero-order valence-electron chi connectivity index (χ0n) is 10.9. The quantitative estimate of drug-likeness (QED) is 0.914. The first kappa shape index (κ1) is 13.7. The molecule has 1 aromatic heterocycles. The molecule has 4 nitrogen and oxygen atoms in total. The number of nitrogens with zero attached hydrogens (tertiary/aromatic N) is 1. The lowest BCUT2D eigenvalue weighted by molar-refractivity contribution is -0.136. The van der Waals surface area contributed by atoms with E-state index in [1.54, 1.807) is 7.11 Å². The number of hydrogen-bond donors (Lipinski definition) is 1. The fourth-order valence-electron chi connectivity index (χ4n) is 2.25. The van der Waals surface area contributed by atoms with Crippen LogP contribution in [0.15, 0.2) is 18.3 Å². The minimum atomic E-state index is -0.843. The van der Waals surface area contributed by atoms with Gasteiger partial charge in [0.1, 0.15) is 5.75 Å². The number of aromatic nitrogens is 1. The second kappa shape index (κ2) is 5.53. The van der Waals surface area contributed by atoms with Gasteiger partial charge >= 0.3 is 5.97 Å². The number of rotatable bonds is 5. The number of methoxy groups -OCH3 is 1. The lowest BCUT2D eigenvalue weighted by atomic mass is 10.1. The summed E-state index contributed by atoms with van der Waals surface area (Å²) in [5, 5.41) is 10.4. The molecule has 2 rings (SSSR count). The van der Waals surface area contributed by atoms with E-state index < -0.39 is 5.97 Å². The van der Waals surface area contributed by atoms with E-state index >= 15 is 0 Å². The lowest BCUT2D eigenvalue weighted by Crippen LogP contribution is -1.99. The number of aliphatic carboxylic acids is 1. The van der Waals surface area contributed by atoms with Crippen molar-refractivity contribution >= 4 is 28.5 Å². The van der Waals surface area contributed by atoms with Crippen molar-refractivity contribution in [2.75, 3.05) is 7.11 Å². The SMILES string of the molecule is CCCn1cc(CC(=O)O)c2cc(OC)c(Cl)cc21. The smallest absolute Gasteiger partial charge is 0.307 e. The third-order valence-corrected chi connectivity index (χ3v) is 3.34. The number of carboxylic acids is 1. The van der Waals surface area contributed by atoms with Crippen LogP contribution in [-0.4, -0.2) is 22.8 Å². The number of aryl methyl sites for hydroxylation is 1. The Balaban J connectivity index is 2.64. The average molecular weight is 282 g/mol. The summed E-state index contributed by atoms with van der Waals surface area (Å²) in [4.78, 5) is 10.9. The van der Waals surface area contributed by atoms with Crippen LogP contribution in [0.4, 0.5) is 0 Å².